The average Bonchev–Trinajstić information content (AvgIpc) is 2.03. The van der Waals surface area contributed by atoms with Crippen molar-refractivity contribution in [2.45, 2.75) is 50.9 Å². The molecule has 0 aromatic carbocycles. The third-order valence-corrected chi connectivity index (χ3v) is 6.22. The second kappa shape index (κ2) is 3.82. The van der Waals surface area contributed by atoms with Crippen molar-refractivity contribution in [3.8, 4) is 0 Å². The number of carbonyl (C=O) groups is 1. The van der Waals surface area contributed by atoms with Gasteiger partial charge in [-0.15, -0.1) is 0 Å². The fourth-order valence-corrected chi connectivity index (χ4v) is 4.26. The van der Waals surface area contributed by atoms with Crippen LogP contribution >= 0.6 is 0 Å². The quantitative estimate of drug-likeness (QED) is 0.696. The van der Waals surface area contributed by atoms with Gasteiger partial charge in [-0.05, 0) is 18.4 Å². The molecular formula is C10H20O2Si. The van der Waals surface area contributed by atoms with Gasteiger partial charge in [0.15, 0.2) is 0 Å². The topological polar surface area (TPSA) is 37.3 Å². The maximum atomic E-state index is 10.8. The number of carboxylic acids is 1. The van der Waals surface area contributed by atoms with Crippen LogP contribution in [0.25, 0.3) is 0 Å². The first-order valence-electron chi connectivity index (χ1n) is 5.14. The highest BCUT2D eigenvalue weighted by atomic mass is 28.3. The van der Waals surface area contributed by atoms with Gasteiger partial charge < -0.3 is 5.11 Å². The van der Waals surface area contributed by atoms with Crippen LogP contribution in [0.4, 0.5) is 0 Å². The molecule has 1 N–H and O–H groups in total. The van der Waals surface area contributed by atoms with Crippen LogP contribution in [0, 0.1) is 5.92 Å². The third kappa shape index (κ3) is 2.83. The van der Waals surface area contributed by atoms with Gasteiger partial charge in [-0.3, -0.25) is 4.79 Å². The first kappa shape index (κ1) is 10.8. The smallest absolute Gasteiger partial charge is 0.306 e. The van der Waals surface area contributed by atoms with E-state index in [0.29, 0.717) is 0 Å². The highest BCUT2D eigenvalue weighted by Crippen LogP contribution is 2.39. The van der Waals surface area contributed by atoms with Gasteiger partial charge in [0.05, 0.1) is 5.92 Å². The van der Waals surface area contributed by atoms with Crippen LogP contribution in [0.3, 0.4) is 0 Å². The van der Waals surface area contributed by atoms with Crippen LogP contribution in [0.2, 0.25) is 25.2 Å². The van der Waals surface area contributed by atoms with Crippen molar-refractivity contribution in [3.63, 3.8) is 0 Å². The Kier molecular flexibility index (Phi) is 3.17. The number of aliphatic carboxylic acids is 1. The molecule has 0 amide bonds. The molecule has 3 heteroatoms. The second-order valence-electron chi connectivity index (χ2n) is 5.26. The molecule has 76 valence electrons. The van der Waals surface area contributed by atoms with Crippen molar-refractivity contribution in [3.05, 3.63) is 0 Å². The van der Waals surface area contributed by atoms with E-state index in [4.69, 9.17) is 5.11 Å². The van der Waals surface area contributed by atoms with Gasteiger partial charge >= 0.3 is 5.97 Å². The lowest BCUT2D eigenvalue weighted by molar-refractivity contribution is -0.142. The Morgan fingerprint density at radius 2 is 1.92 bits per heavy atom. The average molecular weight is 200 g/mol. The van der Waals surface area contributed by atoms with Gasteiger partial charge in [-0.25, -0.2) is 0 Å². The van der Waals surface area contributed by atoms with Crippen molar-refractivity contribution in [1.29, 1.82) is 0 Å². The largest absolute Gasteiger partial charge is 0.481 e. The molecule has 2 unspecified atom stereocenters. The minimum absolute atomic E-state index is 0.0505. The molecule has 0 aromatic heterocycles. The summed E-state index contributed by atoms with van der Waals surface area (Å²) in [4.78, 5) is 10.8. The minimum Gasteiger partial charge on any atom is -0.481 e. The van der Waals surface area contributed by atoms with Gasteiger partial charge in [0.2, 0.25) is 0 Å². The molecule has 0 spiro atoms. The van der Waals surface area contributed by atoms with Crippen molar-refractivity contribution >= 4 is 14.0 Å². The van der Waals surface area contributed by atoms with E-state index in [0.717, 1.165) is 24.8 Å². The summed E-state index contributed by atoms with van der Waals surface area (Å²) in [7, 11) is -1.11. The Morgan fingerprint density at radius 1 is 1.31 bits per heavy atom. The summed E-state index contributed by atoms with van der Waals surface area (Å²) in [5, 5.41) is 8.94. The van der Waals surface area contributed by atoms with Crippen molar-refractivity contribution < 1.29 is 9.90 Å². The number of hydrogen-bond donors (Lipinski definition) is 1. The summed E-state index contributed by atoms with van der Waals surface area (Å²) in [6, 6.07) is 0. The van der Waals surface area contributed by atoms with E-state index >= 15 is 0 Å². The minimum atomic E-state index is -1.11. The maximum Gasteiger partial charge on any atom is 0.306 e. The molecule has 1 aliphatic rings. The zero-order valence-electron chi connectivity index (χ0n) is 8.84. The van der Waals surface area contributed by atoms with E-state index < -0.39 is 14.0 Å². The highest BCUT2D eigenvalue weighted by Gasteiger charge is 2.34. The predicted octanol–water partition coefficient (Wildman–Crippen LogP) is 2.97. The molecule has 0 aromatic rings. The molecule has 0 heterocycles. The molecule has 1 fully saturated rings. The predicted molar refractivity (Wildman–Crippen MR) is 56.7 cm³/mol. The van der Waals surface area contributed by atoms with E-state index in [2.05, 4.69) is 19.6 Å². The maximum absolute atomic E-state index is 10.8. The van der Waals surface area contributed by atoms with E-state index in [1.54, 1.807) is 0 Å². The first-order valence-corrected chi connectivity index (χ1v) is 8.72. The van der Waals surface area contributed by atoms with Crippen LogP contribution in [-0.2, 0) is 4.79 Å². The lowest BCUT2D eigenvalue weighted by Crippen LogP contribution is -2.33. The zero-order valence-corrected chi connectivity index (χ0v) is 9.84. The van der Waals surface area contributed by atoms with Crippen LogP contribution in [0.5, 0.6) is 0 Å². The summed E-state index contributed by atoms with van der Waals surface area (Å²) in [5.41, 5.74) is 0.724. The van der Waals surface area contributed by atoms with E-state index in [1.165, 1.54) is 6.42 Å². The third-order valence-electron chi connectivity index (χ3n) is 3.25. The van der Waals surface area contributed by atoms with Crippen LogP contribution in [0.1, 0.15) is 25.7 Å². The molecule has 1 rings (SSSR count). The molecule has 2 nitrogen and oxygen atoms in total. The number of carboxylic acid groups (broad SMARTS) is 1. The van der Waals surface area contributed by atoms with Gasteiger partial charge in [-0.2, -0.15) is 0 Å². The van der Waals surface area contributed by atoms with Gasteiger partial charge in [0.25, 0.3) is 0 Å². The standard InChI is InChI=1S/C10H20O2Si/c1-13(2,3)9-6-4-5-8(7-9)10(11)12/h8-9H,4-7H2,1-3H3,(H,11,12). The Labute approximate surface area is 81.4 Å². The molecule has 2 atom stereocenters. The van der Waals surface area contributed by atoms with Gasteiger partial charge in [0.1, 0.15) is 0 Å². The summed E-state index contributed by atoms with van der Waals surface area (Å²) in [5.74, 6) is -0.631. The summed E-state index contributed by atoms with van der Waals surface area (Å²) in [6.45, 7) is 7.05. The summed E-state index contributed by atoms with van der Waals surface area (Å²) >= 11 is 0. The first-order chi connectivity index (χ1) is 5.91. The Bertz CT molecular complexity index is 196. The molecule has 0 aliphatic heterocycles. The Hall–Kier alpha value is -0.313. The van der Waals surface area contributed by atoms with Gasteiger partial charge in [-0.1, -0.05) is 32.5 Å². The Balaban J connectivity index is 2.57. The van der Waals surface area contributed by atoms with Crippen LogP contribution in [-0.4, -0.2) is 19.1 Å². The summed E-state index contributed by atoms with van der Waals surface area (Å²) < 4.78 is 0. The highest BCUT2D eigenvalue weighted by molar-refractivity contribution is 6.77. The van der Waals surface area contributed by atoms with Crippen molar-refractivity contribution in [2.24, 2.45) is 5.92 Å². The molecule has 0 saturated heterocycles. The molecule has 13 heavy (non-hydrogen) atoms. The van der Waals surface area contributed by atoms with Crippen molar-refractivity contribution in [2.75, 3.05) is 0 Å². The lowest BCUT2D eigenvalue weighted by Gasteiger charge is -2.34. The SMILES string of the molecule is C[Si](C)(C)C1CCCC(C(=O)O)C1. The van der Waals surface area contributed by atoms with E-state index in [-0.39, 0.29) is 5.92 Å². The van der Waals surface area contributed by atoms with E-state index in [9.17, 15) is 4.79 Å². The zero-order chi connectivity index (χ0) is 10.1. The summed E-state index contributed by atoms with van der Waals surface area (Å²) in [6.07, 6.45) is 4.22. The van der Waals surface area contributed by atoms with Crippen LogP contribution in [0.15, 0.2) is 0 Å². The Morgan fingerprint density at radius 3 is 2.38 bits per heavy atom. The molecular weight excluding hydrogens is 180 g/mol. The fourth-order valence-electron chi connectivity index (χ4n) is 2.20. The van der Waals surface area contributed by atoms with Gasteiger partial charge in [0, 0.05) is 8.07 Å². The number of hydrogen-bond acceptors (Lipinski definition) is 1. The lowest BCUT2D eigenvalue weighted by atomic mass is 9.89. The fraction of sp³-hybridized carbons (Fsp3) is 0.900. The monoisotopic (exact) mass is 200 g/mol. The second-order valence-corrected chi connectivity index (χ2v) is 10.8. The number of rotatable bonds is 2. The van der Waals surface area contributed by atoms with Crippen LogP contribution < -0.4 is 0 Å². The normalized spacial score (nSPS) is 30.1. The van der Waals surface area contributed by atoms with E-state index in [1.807, 2.05) is 0 Å². The molecule has 1 saturated carbocycles. The molecule has 1 aliphatic carbocycles. The molecule has 0 radical (unpaired) electrons. The molecule has 0 bridgehead atoms. The van der Waals surface area contributed by atoms with Crippen molar-refractivity contribution in [1.82, 2.24) is 0 Å².